The summed E-state index contributed by atoms with van der Waals surface area (Å²) in [7, 11) is 0. The molecule has 0 saturated heterocycles. The molecule has 0 aliphatic carbocycles. The van der Waals surface area contributed by atoms with Crippen molar-refractivity contribution < 1.29 is 14.0 Å². The summed E-state index contributed by atoms with van der Waals surface area (Å²) < 4.78 is 12.9. The summed E-state index contributed by atoms with van der Waals surface area (Å²) in [4.78, 5) is 26.5. The number of amides is 2. The van der Waals surface area contributed by atoms with Crippen LogP contribution in [0.3, 0.4) is 0 Å². The van der Waals surface area contributed by atoms with Crippen molar-refractivity contribution in [3.8, 4) is 0 Å². The van der Waals surface area contributed by atoms with Gasteiger partial charge in [-0.15, -0.1) is 11.8 Å². The molecule has 0 radical (unpaired) electrons. The standard InChI is InChI=1S/C21H26FN3O2S/c1-4-25(5-2)19-12-10-18(11-13-19)24-21(27)15(3)28-14-20(26)23-17-8-6-16(22)7-9-17/h6-13,15H,4-5,14H2,1-3H3,(H,23,26)(H,24,27). The van der Waals surface area contributed by atoms with Crippen LogP contribution in [0.25, 0.3) is 0 Å². The summed E-state index contributed by atoms with van der Waals surface area (Å²) in [5.41, 5.74) is 2.37. The topological polar surface area (TPSA) is 61.4 Å². The molecular weight excluding hydrogens is 377 g/mol. The Morgan fingerprint density at radius 3 is 2.07 bits per heavy atom. The zero-order valence-electron chi connectivity index (χ0n) is 16.4. The number of thioether (sulfide) groups is 1. The zero-order chi connectivity index (χ0) is 20.5. The van der Waals surface area contributed by atoms with Crippen LogP contribution in [0.1, 0.15) is 20.8 Å². The first kappa shape index (κ1) is 21.8. The maximum absolute atomic E-state index is 12.9. The second-order valence-corrected chi connectivity index (χ2v) is 7.55. The molecular formula is C21H26FN3O2S. The minimum absolute atomic E-state index is 0.132. The van der Waals surface area contributed by atoms with E-state index in [-0.39, 0.29) is 28.6 Å². The van der Waals surface area contributed by atoms with E-state index in [1.54, 1.807) is 6.92 Å². The van der Waals surface area contributed by atoms with E-state index in [1.807, 2.05) is 24.3 Å². The maximum Gasteiger partial charge on any atom is 0.237 e. The minimum atomic E-state index is -0.388. The number of nitrogens with one attached hydrogen (secondary N) is 2. The van der Waals surface area contributed by atoms with E-state index < -0.39 is 0 Å². The number of hydrogen-bond acceptors (Lipinski definition) is 4. The van der Waals surface area contributed by atoms with Gasteiger partial charge in [-0.1, -0.05) is 0 Å². The Labute approximate surface area is 169 Å². The van der Waals surface area contributed by atoms with Crippen molar-refractivity contribution >= 4 is 40.6 Å². The van der Waals surface area contributed by atoms with E-state index in [2.05, 4.69) is 29.4 Å². The Kier molecular flexibility index (Phi) is 8.32. The molecule has 0 bridgehead atoms. The van der Waals surface area contributed by atoms with Gasteiger partial charge in [0.15, 0.2) is 0 Å². The lowest BCUT2D eigenvalue weighted by atomic mass is 10.2. The molecule has 28 heavy (non-hydrogen) atoms. The number of benzene rings is 2. The molecule has 0 heterocycles. The van der Waals surface area contributed by atoms with Crippen LogP contribution in [0.5, 0.6) is 0 Å². The summed E-state index contributed by atoms with van der Waals surface area (Å²) >= 11 is 1.24. The van der Waals surface area contributed by atoms with Crippen molar-refractivity contribution in [3.05, 3.63) is 54.3 Å². The van der Waals surface area contributed by atoms with Gasteiger partial charge in [-0.05, 0) is 69.3 Å². The first-order valence-electron chi connectivity index (χ1n) is 9.25. The number of hydrogen-bond donors (Lipinski definition) is 2. The number of anilines is 3. The van der Waals surface area contributed by atoms with Gasteiger partial charge in [0.25, 0.3) is 0 Å². The van der Waals surface area contributed by atoms with Gasteiger partial charge in [-0.25, -0.2) is 4.39 Å². The van der Waals surface area contributed by atoms with Crippen molar-refractivity contribution in [2.24, 2.45) is 0 Å². The minimum Gasteiger partial charge on any atom is -0.372 e. The van der Waals surface area contributed by atoms with Crippen molar-refractivity contribution in [1.29, 1.82) is 0 Å². The molecule has 0 aliphatic heterocycles. The summed E-state index contributed by atoms with van der Waals surface area (Å²) in [6, 6.07) is 13.3. The van der Waals surface area contributed by atoms with Crippen LogP contribution in [0.4, 0.5) is 21.5 Å². The molecule has 150 valence electrons. The first-order chi connectivity index (χ1) is 13.4. The summed E-state index contributed by atoms with van der Waals surface area (Å²) in [5, 5.41) is 5.16. The van der Waals surface area contributed by atoms with Gasteiger partial charge >= 0.3 is 0 Å². The molecule has 2 aromatic carbocycles. The Morgan fingerprint density at radius 2 is 1.50 bits per heavy atom. The summed E-state index contributed by atoms with van der Waals surface area (Å²) in [6.07, 6.45) is 0. The molecule has 0 spiro atoms. The zero-order valence-corrected chi connectivity index (χ0v) is 17.2. The normalized spacial score (nSPS) is 11.6. The van der Waals surface area contributed by atoms with E-state index in [0.29, 0.717) is 5.69 Å². The van der Waals surface area contributed by atoms with Crippen LogP contribution in [0, 0.1) is 5.82 Å². The molecule has 0 aromatic heterocycles. The fraction of sp³-hybridized carbons (Fsp3) is 0.333. The van der Waals surface area contributed by atoms with Gasteiger partial charge in [-0.3, -0.25) is 9.59 Å². The molecule has 1 atom stereocenters. The molecule has 5 nitrogen and oxygen atoms in total. The highest BCUT2D eigenvalue weighted by molar-refractivity contribution is 8.01. The molecule has 2 N–H and O–H groups in total. The Bertz CT molecular complexity index is 777. The third-order valence-corrected chi connectivity index (χ3v) is 5.37. The number of carbonyl (C=O) groups is 2. The molecule has 0 saturated carbocycles. The average Bonchev–Trinajstić information content (AvgIpc) is 2.70. The number of nitrogens with zero attached hydrogens (tertiary/aromatic N) is 1. The van der Waals surface area contributed by atoms with E-state index >= 15 is 0 Å². The molecule has 2 amide bonds. The molecule has 2 rings (SSSR count). The largest absolute Gasteiger partial charge is 0.372 e. The van der Waals surface area contributed by atoms with Gasteiger partial charge < -0.3 is 15.5 Å². The Hall–Kier alpha value is -2.54. The van der Waals surface area contributed by atoms with Gasteiger partial charge in [0.2, 0.25) is 11.8 Å². The molecule has 7 heteroatoms. The maximum atomic E-state index is 12.9. The van der Waals surface area contributed by atoms with Crippen LogP contribution >= 0.6 is 11.8 Å². The molecule has 0 aliphatic rings. The second-order valence-electron chi connectivity index (χ2n) is 6.22. The Morgan fingerprint density at radius 1 is 0.964 bits per heavy atom. The second kappa shape index (κ2) is 10.7. The van der Waals surface area contributed by atoms with Gasteiger partial charge in [0.05, 0.1) is 11.0 Å². The van der Waals surface area contributed by atoms with Crippen LogP contribution in [0.15, 0.2) is 48.5 Å². The predicted molar refractivity (Wildman–Crippen MR) is 116 cm³/mol. The van der Waals surface area contributed by atoms with Crippen molar-refractivity contribution in [2.45, 2.75) is 26.0 Å². The van der Waals surface area contributed by atoms with Crippen LogP contribution in [-0.4, -0.2) is 35.9 Å². The first-order valence-corrected chi connectivity index (χ1v) is 10.3. The van der Waals surface area contributed by atoms with E-state index in [9.17, 15) is 14.0 Å². The highest BCUT2D eigenvalue weighted by Gasteiger charge is 2.16. The summed E-state index contributed by atoms with van der Waals surface area (Å²) in [6.45, 7) is 7.82. The molecule has 0 fully saturated rings. The van der Waals surface area contributed by atoms with Gasteiger partial charge in [-0.2, -0.15) is 0 Å². The van der Waals surface area contributed by atoms with Crippen LogP contribution in [-0.2, 0) is 9.59 Å². The van der Waals surface area contributed by atoms with Gasteiger partial charge in [0, 0.05) is 30.2 Å². The average molecular weight is 404 g/mol. The van der Waals surface area contributed by atoms with Crippen molar-refractivity contribution in [3.63, 3.8) is 0 Å². The fourth-order valence-electron chi connectivity index (χ4n) is 2.59. The highest BCUT2D eigenvalue weighted by Crippen LogP contribution is 2.19. The van der Waals surface area contributed by atoms with Crippen LogP contribution in [0.2, 0.25) is 0 Å². The molecule has 1 unspecified atom stereocenters. The Balaban J connectivity index is 1.80. The molecule has 2 aromatic rings. The van der Waals surface area contributed by atoms with E-state index in [0.717, 1.165) is 24.5 Å². The fourth-order valence-corrected chi connectivity index (χ4v) is 3.28. The third kappa shape index (κ3) is 6.56. The third-order valence-electron chi connectivity index (χ3n) is 4.23. The number of rotatable bonds is 9. The van der Waals surface area contributed by atoms with Gasteiger partial charge in [0.1, 0.15) is 5.82 Å². The number of halogens is 1. The highest BCUT2D eigenvalue weighted by atomic mass is 32.2. The predicted octanol–water partition coefficient (Wildman–Crippen LogP) is 4.37. The SMILES string of the molecule is CCN(CC)c1ccc(NC(=O)C(C)SCC(=O)Nc2ccc(F)cc2)cc1. The lowest BCUT2D eigenvalue weighted by Crippen LogP contribution is -2.25. The van der Waals surface area contributed by atoms with E-state index in [4.69, 9.17) is 0 Å². The van der Waals surface area contributed by atoms with Crippen molar-refractivity contribution in [2.75, 3.05) is 34.4 Å². The van der Waals surface area contributed by atoms with E-state index in [1.165, 1.54) is 36.0 Å². The quantitative estimate of drug-likeness (QED) is 0.653. The smallest absolute Gasteiger partial charge is 0.237 e. The van der Waals surface area contributed by atoms with Crippen molar-refractivity contribution in [1.82, 2.24) is 0 Å². The number of carbonyl (C=O) groups excluding carboxylic acids is 2. The van der Waals surface area contributed by atoms with Crippen LogP contribution < -0.4 is 15.5 Å². The summed E-state index contributed by atoms with van der Waals surface area (Å²) in [5.74, 6) is -0.620. The lowest BCUT2D eigenvalue weighted by molar-refractivity contribution is -0.115. The lowest BCUT2D eigenvalue weighted by Gasteiger charge is -2.21. The monoisotopic (exact) mass is 403 g/mol.